The van der Waals surface area contributed by atoms with Gasteiger partial charge in [-0.05, 0) is 57.0 Å². The van der Waals surface area contributed by atoms with Crippen LogP contribution in [0.15, 0.2) is 18.2 Å². The molecule has 0 fully saturated rings. The van der Waals surface area contributed by atoms with Crippen molar-refractivity contribution in [1.29, 1.82) is 0 Å². The van der Waals surface area contributed by atoms with Crippen molar-refractivity contribution < 1.29 is 9.13 Å². The molecule has 0 radical (unpaired) electrons. The maximum atomic E-state index is 13.1. The molecule has 102 valence electrons. The van der Waals surface area contributed by atoms with Crippen LogP contribution in [0.1, 0.15) is 39.2 Å². The fraction of sp³-hybridized carbons (Fsp3) is 0.600. The maximum Gasteiger partial charge on any atom is 0.126 e. The Balaban J connectivity index is 2.31. The number of nitrogens with one attached hydrogen (secondary N) is 1. The Morgan fingerprint density at radius 1 is 1.28 bits per heavy atom. The van der Waals surface area contributed by atoms with Gasteiger partial charge in [0, 0.05) is 6.04 Å². The highest BCUT2D eigenvalue weighted by molar-refractivity contribution is 5.28. The first-order valence-electron chi connectivity index (χ1n) is 6.65. The van der Waals surface area contributed by atoms with E-state index in [1.54, 1.807) is 19.1 Å². The van der Waals surface area contributed by atoms with Crippen molar-refractivity contribution in [3.8, 4) is 5.75 Å². The Morgan fingerprint density at radius 2 is 2.00 bits per heavy atom. The van der Waals surface area contributed by atoms with Gasteiger partial charge in [-0.3, -0.25) is 0 Å². The molecule has 0 saturated heterocycles. The minimum atomic E-state index is -0.184. The zero-order valence-corrected chi connectivity index (χ0v) is 11.8. The average Bonchev–Trinajstić information content (AvgIpc) is 2.29. The fourth-order valence-electron chi connectivity index (χ4n) is 1.76. The summed E-state index contributed by atoms with van der Waals surface area (Å²) < 4.78 is 18.9. The molecule has 2 nitrogen and oxygen atoms in total. The second-order valence-electron chi connectivity index (χ2n) is 5.09. The first-order chi connectivity index (χ1) is 8.49. The van der Waals surface area contributed by atoms with Crippen molar-refractivity contribution in [2.45, 2.75) is 52.7 Å². The second-order valence-corrected chi connectivity index (χ2v) is 5.09. The van der Waals surface area contributed by atoms with Crippen LogP contribution in [0.2, 0.25) is 0 Å². The van der Waals surface area contributed by atoms with E-state index in [0.717, 1.165) is 25.1 Å². The summed E-state index contributed by atoms with van der Waals surface area (Å²) in [5, 5.41) is 3.38. The van der Waals surface area contributed by atoms with Gasteiger partial charge >= 0.3 is 0 Å². The zero-order valence-electron chi connectivity index (χ0n) is 11.8. The van der Waals surface area contributed by atoms with E-state index in [1.165, 1.54) is 6.07 Å². The van der Waals surface area contributed by atoms with Crippen LogP contribution in [-0.4, -0.2) is 18.7 Å². The van der Waals surface area contributed by atoms with Crippen LogP contribution in [0.25, 0.3) is 0 Å². The molecular formula is C15H24FNO. The summed E-state index contributed by atoms with van der Waals surface area (Å²) in [6, 6.07) is 5.42. The summed E-state index contributed by atoms with van der Waals surface area (Å²) in [6.07, 6.45) is 2.24. The van der Waals surface area contributed by atoms with Gasteiger partial charge in [0.15, 0.2) is 0 Å². The minimum Gasteiger partial charge on any atom is -0.491 e. The highest BCUT2D eigenvalue weighted by Crippen LogP contribution is 2.18. The van der Waals surface area contributed by atoms with Crippen molar-refractivity contribution in [1.82, 2.24) is 5.32 Å². The second kappa shape index (κ2) is 7.37. The summed E-state index contributed by atoms with van der Waals surface area (Å²) in [6.45, 7) is 9.09. The third-order valence-electron chi connectivity index (χ3n) is 2.81. The predicted octanol–water partition coefficient (Wildman–Crippen LogP) is 3.68. The molecule has 1 rings (SSSR count). The first kappa shape index (κ1) is 15.0. The van der Waals surface area contributed by atoms with Crippen molar-refractivity contribution in [3.05, 3.63) is 29.6 Å². The van der Waals surface area contributed by atoms with Gasteiger partial charge in [-0.25, -0.2) is 4.39 Å². The smallest absolute Gasteiger partial charge is 0.126 e. The summed E-state index contributed by atoms with van der Waals surface area (Å²) in [5.74, 6) is 0.564. The lowest BCUT2D eigenvalue weighted by atomic mass is 10.2. The molecule has 0 heterocycles. The Bertz CT molecular complexity index is 366. The van der Waals surface area contributed by atoms with Crippen LogP contribution in [0, 0.1) is 12.7 Å². The lowest BCUT2D eigenvalue weighted by Gasteiger charge is -2.16. The summed E-state index contributed by atoms with van der Waals surface area (Å²) >= 11 is 0. The van der Waals surface area contributed by atoms with E-state index < -0.39 is 0 Å². The van der Waals surface area contributed by atoms with Crippen molar-refractivity contribution in [2.75, 3.05) is 6.54 Å². The molecule has 1 N–H and O–H groups in total. The van der Waals surface area contributed by atoms with E-state index in [1.807, 2.05) is 6.92 Å². The van der Waals surface area contributed by atoms with Gasteiger partial charge < -0.3 is 10.1 Å². The Labute approximate surface area is 110 Å². The van der Waals surface area contributed by atoms with E-state index in [-0.39, 0.29) is 11.9 Å². The van der Waals surface area contributed by atoms with Gasteiger partial charge in [-0.15, -0.1) is 0 Å². The quantitative estimate of drug-likeness (QED) is 0.748. The zero-order chi connectivity index (χ0) is 13.5. The Hall–Kier alpha value is -1.09. The average molecular weight is 253 g/mol. The van der Waals surface area contributed by atoms with Gasteiger partial charge in [0.1, 0.15) is 11.6 Å². The van der Waals surface area contributed by atoms with Gasteiger partial charge in [0.05, 0.1) is 6.10 Å². The number of benzene rings is 1. The first-order valence-corrected chi connectivity index (χ1v) is 6.65. The largest absolute Gasteiger partial charge is 0.491 e. The number of aryl methyl sites for hydroxylation is 1. The topological polar surface area (TPSA) is 21.3 Å². The van der Waals surface area contributed by atoms with E-state index in [9.17, 15) is 4.39 Å². The molecule has 1 aromatic carbocycles. The molecule has 3 heteroatoms. The van der Waals surface area contributed by atoms with E-state index >= 15 is 0 Å². The Kier molecular flexibility index (Phi) is 6.13. The Morgan fingerprint density at radius 3 is 2.61 bits per heavy atom. The summed E-state index contributed by atoms with van der Waals surface area (Å²) in [5.41, 5.74) is 0.626. The van der Waals surface area contributed by atoms with Gasteiger partial charge in [0.25, 0.3) is 0 Å². The van der Waals surface area contributed by atoms with Crippen LogP contribution < -0.4 is 10.1 Å². The van der Waals surface area contributed by atoms with Crippen molar-refractivity contribution >= 4 is 0 Å². The normalized spacial score (nSPS) is 12.8. The maximum absolute atomic E-state index is 13.1. The minimum absolute atomic E-state index is 0.156. The number of halogens is 1. The molecule has 0 aliphatic rings. The lowest BCUT2D eigenvalue weighted by Crippen LogP contribution is -2.25. The van der Waals surface area contributed by atoms with Crippen molar-refractivity contribution in [2.24, 2.45) is 0 Å². The monoisotopic (exact) mass is 253 g/mol. The molecule has 18 heavy (non-hydrogen) atoms. The number of hydrogen-bond donors (Lipinski definition) is 1. The molecule has 0 aromatic heterocycles. The summed E-state index contributed by atoms with van der Waals surface area (Å²) in [4.78, 5) is 0. The number of hydrogen-bond acceptors (Lipinski definition) is 2. The third-order valence-corrected chi connectivity index (χ3v) is 2.81. The number of ether oxygens (including phenoxy) is 1. The summed E-state index contributed by atoms with van der Waals surface area (Å²) in [7, 11) is 0. The standard InChI is InChI=1S/C15H24FNO/c1-11(2)17-9-5-6-13(4)18-14-7-8-15(16)12(3)10-14/h7-8,10-11,13,17H,5-6,9H2,1-4H3. The molecule has 0 saturated carbocycles. The highest BCUT2D eigenvalue weighted by Gasteiger charge is 2.06. The predicted molar refractivity (Wildman–Crippen MR) is 73.6 cm³/mol. The van der Waals surface area contributed by atoms with Crippen molar-refractivity contribution in [3.63, 3.8) is 0 Å². The van der Waals surface area contributed by atoms with Crippen LogP contribution in [0.3, 0.4) is 0 Å². The van der Waals surface area contributed by atoms with E-state index in [4.69, 9.17) is 4.74 Å². The number of rotatable bonds is 7. The molecule has 1 aromatic rings. The molecule has 0 aliphatic carbocycles. The molecule has 1 atom stereocenters. The van der Waals surface area contributed by atoms with Gasteiger partial charge in [0.2, 0.25) is 0 Å². The van der Waals surface area contributed by atoms with Gasteiger partial charge in [-0.2, -0.15) is 0 Å². The SMILES string of the molecule is Cc1cc(OC(C)CCCNC(C)C)ccc1F. The molecular weight excluding hydrogens is 229 g/mol. The molecule has 0 amide bonds. The molecule has 0 spiro atoms. The fourth-order valence-corrected chi connectivity index (χ4v) is 1.76. The van der Waals surface area contributed by atoms with Crippen LogP contribution >= 0.6 is 0 Å². The van der Waals surface area contributed by atoms with Gasteiger partial charge in [-0.1, -0.05) is 13.8 Å². The van der Waals surface area contributed by atoms with Crippen LogP contribution in [0.5, 0.6) is 5.75 Å². The third kappa shape index (κ3) is 5.50. The molecule has 1 unspecified atom stereocenters. The lowest BCUT2D eigenvalue weighted by molar-refractivity contribution is 0.206. The van der Waals surface area contributed by atoms with E-state index in [2.05, 4.69) is 19.2 Å². The van der Waals surface area contributed by atoms with E-state index in [0.29, 0.717) is 11.6 Å². The highest BCUT2D eigenvalue weighted by atomic mass is 19.1. The van der Waals surface area contributed by atoms with Crippen LogP contribution in [-0.2, 0) is 0 Å². The molecule has 0 bridgehead atoms. The van der Waals surface area contributed by atoms with Crippen LogP contribution in [0.4, 0.5) is 4.39 Å². The molecule has 0 aliphatic heterocycles.